The fraction of sp³-hybridized carbons (Fsp3) is 0.286. The van der Waals surface area contributed by atoms with E-state index in [1.54, 1.807) is 18.3 Å². The topological polar surface area (TPSA) is 55.0 Å². The summed E-state index contributed by atoms with van der Waals surface area (Å²) in [6.07, 6.45) is 3.14. The molecule has 0 amide bonds. The fourth-order valence-corrected chi connectivity index (χ4v) is 1.97. The van der Waals surface area contributed by atoms with Crippen molar-refractivity contribution >= 4 is 21.7 Å². The van der Waals surface area contributed by atoms with Crippen LogP contribution >= 0.6 is 15.9 Å². The van der Waals surface area contributed by atoms with Gasteiger partial charge in [0, 0.05) is 12.0 Å². The van der Waals surface area contributed by atoms with Crippen LogP contribution in [0.25, 0.3) is 0 Å². The predicted molar refractivity (Wildman–Crippen MR) is 76.3 cm³/mol. The first-order chi connectivity index (χ1) is 9.20. The third kappa shape index (κ3) is 3.67. The van der Waals surface area contributed by atoms with E-state index in [1.165, 1.54) is 0 Å². The number of aromatic amines is 1. The maximum Gasteiger partial charge on any atom is 0.162 e. The van der Waals surface area contributed by atoms with E-state index < -0.39 is 0 Å². The van der Waals surface area contributed by atoms with Crippen LogP contribution in [0, 0.1) is 0 Å². The highest BCUT2D eigenvalue weighted by atomic mass is 79.9. The lowest BCUT2D eigenvalue weighted by molar-refractivity contribution is 0.0981. The Morgan fingerprint density at radius 1 is 1.37 bits per heavy atom. The standard InChI is InChI=1S/C14H15BrN2O2/c1-2-3-14(18)10-4-6-11(7-5-10)19-9-13-12(15)8-16-17-13/h4-8H,2-3,9H2,1H3,(H,16,17). The van der Waals surface area contributed by atoms with Crippen molar-refractivity contribution in [2.45, 2.75) is 26.4 Å². The second kappa shape index (κ2) is 6.52. The quantitative estimate of drug-likeness (QED) is 0.824. The Kier molecular flexibility index (Phi) is 4.74. The van der Waals surface area contributed by atoms with Crippen molar-refractivity contribution in [3.05, 3.63) is 46.2 Å². The van der Waals surface area contributed by atoms with E-state index in [0.717, 1.165) is 27.9 Å². The van der Waals surface area contributed by atoms with E-state index >= 15 is 0 Å². The molecule has 2 aromatic rings. The van der Waals surface area contributed by atoms with Gasteiger partial charge in [-0.1, -0.05) is 6.92 Å². The molecule has 1 aromatic carbocycles. The number of rotatable bonds is 6. The number of hydrogen-bond acceptors (Lipinski definition) is 3. The first-order valence-corrected chi connectivity index (χ1v) is 6.93. The summed E-state index contributed by atoms with van der Waals surface area (Å²) in [7, 11) is 0. The van der Waals surface area contributed by atoms with Gasteiger partial charge in [0.25, 0.3) is 0 Å². The molecule has 0 aliphatic carbocycles. The predicted octanol–water partition coefficient (Wildman–Crippen LogP) is 3.73. The van der Waals surface area contributed by atoms with Crippen molar-refractivity contribution in [2.75, 3.05) is 0 Å². The van der Waals surface area contributed by atoms with E-state index in [-0.39, 0.29) is 5.78 Å². The number of carbonyl (C=O) groups excluding carboxylic acids is 1. The molecule has 19 heavy (non-hydrogen) atoms. The second-order valence-corrected chi connectivity index (χ2v) is 5.04. The lowest BCUT2D eigenvalue weighted by Crippen LogP contribution is -1.99. The fourth-order valence-electron chi connectivity index (χ4n) is 1.66. The van der Waals surface area contributed by atoms with E-state index in [0.29, 0.717) is 13.0 Å². The van der Waals surface area contributed by atoms with Gasteiger partial charge in [-0.15, -0.1) is 0 Å². The maximum atomic E-state index is 11.7. The summed E-state index contributed by atoms with van der Waals surface area (Å²) < 4.78 is 6.50. The molecule has 0 unspecified atom stereocenters. The number of Topliss-reactive ketones (excluding diaryl/α,β-unsaturated/α-hetero) is 1. The van der Waals surface area contributed by atoms with E-state index in [2.05, 4.69) is 26.1 Å². The van der Waals surface area contributed by atoms with Crippen LogP contribution in [0.5, 0.6) is 5.75 Å². The molecule has 0 aliphatic rings. The summed E-state index contributed by atoms with van der Waals surface area (Å²) in [4.78, 5) is 11.7. The Balaban J connectivity index is 1.95. The summed E-state index contributed by atoms with van der Waals surface area (Å²) in [6.45, 7) is 2.40. The molecule has 0 saturated heterocycles. The highest BCUT2D eigenvalue weighted by Crippen LogP contribution is 2.18. The normalized spacial score (nSPS) is 10.4. The van der Waals surface area contributed by atoms with Gasteiger partial charge in [-0.3, -0.25) is 9.89 Å². The Labute approximate surface area is 120 Å². The van der Waals surface area contributed by atoms with Crippen LogP contribution in [0.15, 0.2) is 34.9 Å². The molecular weight excluding hydrogens is 308 g/mol. The number of aromatic nitrogens is 2. The number of nitrogens with one attached hydrogen (secondary N) is 1. The van der Waals surface area contributed by atoms with Crippen LogP contribution in [0.3, 0.4) is 0 Å². The van der Waals surface area contributed by atoms with Gasteiger partial charge in [-0.25, -0.2) is 0 Å². The molecule has 0 atom stereocenters. The molecule has 100 valence electrons. The highest BCUT2D eigenvalue weighted by molar-refractivity contribution is 9.10. The third-order valence-electron chi connectivity index (χ3n) is 2.70. The van der Waals surface area contributed by atoms with Crippen molar-refractivity contribution in [1.29, 1.82) is 0 Å². The summed E-state index contributed by atoms with van der Waals surface area (Å²) in [6, 6.07) is 7.23. The number of ketones is 1. The van der Waals surface area contributed by atoms with Crippen molar-refractivity contribution in [1.82, 2.24) is 10.2 Å². The number of benzene rings is 1. The van der Waals surface area contributed by atoms with Gasteiger partial charge in [-0.05, 0) is 46.6 Å². The summed E-state index contributed by atoms with van der Waals surface area (Å²) in [5.41, 5.74) is 1.61. The summed E-state index contributed by atoms with van der Waals surface area (Å²) >= 11 is 3.37. The number of nitrogens with zero attached hydrogens (tertiary/aromatic N) is 1. The number of ether oxygens (including phenoxy) is 1. The minimum atomic E-state index is 0.172. The van der Waals surface area contributed by atoms with Gasteiger partial charge in [-0.2, -0.15) is 5.10 Å². The van der Waals surface area contributed by atoms with E-state index in [1.807, 2.05) is 19.1 Å². The van der Waals surface area contributed by atoms with E-state index in [4.69, 9.17) is 4.74 Å². The van der Waals surface area contributed by atoms with Crippen LogP contribution in [0.1, 0.15) is 35.8 Å². The van der Waals surface area contributed by atoms with E-state index in [9.17, 15) is 4.79 Å². The summed E-state index contributed by atoms with van der Waals surface area (Å²) in [5.74, 6) is 0.903. The highest BCUT2D eigenvalue weighted by Gasteiger charge is 2.06. The lowest BCUT2D eigenvalue weighted by Gasteiger charge is -2.06. The van der Waals surface area contributed by atoms with Gasteiger partial charge in [0.2, 0.25) is 0 Å². The molecule has 0 aliphatic heterocycles. The van der Waals surface area contributed by atoms with Crippen molar-refractivity contribution < 1.29 is 9.53 Å². The second-order valence-electron chi connectivity index (χ2n) is 4.18. The average molecular weight is 323 g/mol. The van der Waals surface area contributed by atoms with Crippen molar-refractivity contribution in [2.24, 2.45) is 0 Å². The zero-order valence-electron chi connectivity index (χ0n) is 10.6. The van der Waals surface area contributed by atoms with Gasteiger partial charge < -0.3 is 4.74 Å². The van der Waals surface area contributed by atoms with Crippen molar-refractivity contribution in [3.8, 4) is 5.75 Å². The number of carbonyl (C=O) groups is 1. The smallest absolute Gasteiger partial charge is 0.162 e. The molecule has 5 heteroatoms. The summed E-state index contributed by atoms with van der Waals surface area (Å²) in [5, 5.41) is 6.74. The van der Waals surface area contributed by atoms with Crippen molar-refractivity contribution in [3.63, 3.8) is 0 Å². The Hall–Kier alpha value is -1.62. The average Bonchev–Trinajstić information content (AvgIpc) is 2.83. The minimum absolute atomic E-state index is 0.172. The maximum absolute atomic E-state index is 11.7. The molecule has 4 nitrogen and oxygen atoms in total. The zero-order valence-corrected chi connectivity index (χ0v) is 12.2. The minimum Gasteiger partial charge on any atom is -0.487 e. The third-order valence-corrected chi connectivity index (χ3v) is 3.39. The van der Waals surface area contributed by atoms with Gasteiger partial charge >= 0.3 is 0 Å². The molecule has 0 bridgehead atoms. The molecule has 1 aromatic heterocycles. The molecule has 0 radical (unpaired) electrons. The lowest BCUT2D eigenvalue weighted by atomic mass is 10.1. The largest absolute Gasteiger partial charge is 0.487 e. The molecule has 0 fully saturated rings. The molecule has 1 heterocycles. The van der Waals surface area contributed by atoms with Crippen LogP contribution < -0.4 is 4.74 Å². The number of H-pyrrole nitrogens is 1. The number of hydrogen-bond donors (Lipinski definition) is 1. The van der Waals surface area contributed by atoms with Crippen LogP contribution in [-0.2, 0) is 6.61 Å². The monoisotopic (exact) mass is 322 g/mol. The van der Waals surface area contributed by atoms with Gasteiger partial charge in [0.15, 0.2) is 5.78 Å². The molecular formula is C14H15BrN2O2. The SMILES string of the molecule is CCCC(=O)c1ccc(OCc2[nH]ncc2Br)cc1. The Morgan fingerprint density at radius 2 is 2.11 bits per heavy atom. The zero-order chi connectivity index (χ0) is 13.7. The molecule has 1 N–H and O–H groups in total. The Morgan fingerprint density at radius 3 is 2.68 bits per heavy atom. The molecule has 2 rings (SSSR count). The van der Waals surface area contributed by atoms with Crippen LogP contribution in [0.2, 0.25) is 0 Å². The first kappa shape index (κ1) is 13.8. The molecule has 0 saturated carbocycles. The van der Waals surface area contributed by atoms with Gasteiger partial charge in [0.1, 0.15) is 12.4 Å². The molecule has 0 spiro atoms. The van der Waals surface area contributed by atoms with Crippen LogP contribution in [0.4, 0.5) is 0 Å². The Bertz CT molecular complexity index is 549. The van der Waals surface area contributed by atoms with Gasteiger partial charge in [0.05, 0.1) is 16.4 Å². The first-order valence-electron chi connectivity index (χ1n) is 6.14. The number of halogens is 1. The van der Waals surface area contributed by atoms with Crippen LogP contribution in [-0.4, -0.2) is 16.0 Å².